The summed E-state index contributed by atoms with van der Waals surface area (Å²) in [6.07, 6.45) is 4.11. The van der Waals surface area contributed by atoms with Gasteiger partial charge in [0, 0.05) is 50.9 Å². The zero-order valence-corrected chi connectivity index (χ0v) is 18.8. The summed E-state index contributed by atoms with van der Waals surface area (Å²) >= 11 is 0. The number of carbonyl (C=O) groups excluding carboxylic acids is 2. The molecule has 2 fully saturated rings. The van der Waals surface area contributed by atoms with E-state index in [9.17, 15) is 9.59 Å². The van der Waals surface area contributed by atoms with Crippen LogP contribution in [-0.4, -0.2) is 54.3 Å². The molecule has 2 aromatic carbocycles. The summed E-state index contributed by atoms with van der Waals surface area (Å²) in [5.41, 5.74) is 3.38. The van der Waals surface area contributed by atoms with Crippen molar-refractivity contribution >= 4 is 17.5 Å². The van der Waals surface area contributed by atoms with Crippen molar-refractivity contribution in [3.8, 4) is 0 Å². The van der Waals surface area contributed by atoms with Crippen LogP contribution in [-0.2, 0) is 22.7 Å². The predicted molar refractivity (Wildman–Crippen MR) is 127 cm³/mol. The molecule has 0 radical (unpaired) electrons. The van der Waals surface area contributed by atoms with Crippen molar-refractivity contribution in [1.82, 2.24) is 15.1 Å². The zero-order chi connectivity index (χ0) is 22.2. The first-order chi connectivity index (χ1) is 15.7. The lowest BCUT2D eigenvalue weighted by Crippen LogP contribution is -2.45. The summed E-state index contributed by atoms with van der Waals surface area (Å²) in [7, 11) is 0. The monoisotopic (exact) mass is 434 g/mol. The molecule has 2 aliphatic rings. The predicted octanol–water partition coefficient (Wildman–Crippen LogP) is 3.25. The van der Waals surface area contributed by atoms with Gasteiger partial charge in [0.1, 0.15) is 0 Å². The molecule has 2 aromatic rings. The fourth-order valence-corrected chi connectivity index (χ4v) is 4.60. The minimum Gasteiger partial charge on any atom is -0.347 e. The smallest absolute Gasteiger partial charge is 0.243 e. The number of rotatable bonds is 8. The molecule has 0 unspecified atom stereocenters. The zero-order valence-electron chi connectivity index (χ0n) is 18.8. The van der Waals surface area contributed by atoms with E-state index in [1.165, 1.54) is 11.1 Å². The Morgan fingerprint density at radius 3 is 1.94 bits per heavy atom. The maximum absolute atomic E-state index is 12.2. The highest BCUT2D eigenvalue weighted by Gasteiger charge is 2.22. The SMILES string of the molecule is O=C(CNC(=O)C1CCCC1)Nc1ccc(CN2CCN(Cc3ccccc3)CC2)cc1. The van der Waals surface area contributed by atoms with Crippen LogP contribution in [0.1, 0.15) is 36.8 Å². The van der Waals surface area contributed by atoms with Crippen LogP contribution >= 0.6 is 0 Å². The van der Waals surface area contributed by atoms with E-state index in [-0.39, 0.29) is 24.3 Å². The number of piperazine rings is 1. The lowest BCUT2D eigenvalue weighted by Gasteiger charge is -2.34. The summed E-state index contributed by atoms with van der Waals surface area (Å²) < 4.78 is 0. The first kappa shape index (κ1) is 22.5. The lowest BCUT2D eigenvalue weighted by atomic mass is 10.1. The Labute approximate surface area is 191 Å². The lowest BCUT2D eigenvalue weighted by molar-refractivity contribution is -0.127. The molecule has 4 rings (SSSR count). The number of nitrogens with one attached hydrogen (secondary N) is 2. The van der Waals surface area contributed by atoms with Crippen molar-refractivity contribution in [1.29, 1.82) is 0 Å². The van der Waals surface area contributed by atoms with E-state index in [2.05, 4.69) is 62.9 Å². The summed E-state index contributed by atoms with van der Waals surface area (Å²) in [6, 6.07) is 18.7. The van der Waals surface area contributed by atoms with Crippen LogP contribution in [0.2, 0.25) is 0 Å². The summed E-state index contributed by atoms with van der Waals surface area (Å²) in [6.45, 7) is 6.25. The van der Waals surface area contributed by atoms with E-state index in [0.717, 1.165) is 70.6 Å². The van der Waals surface area contributed by atoms with Gasteiger partial charge in [-0.3, -0.25) is 19.4 Å². The summed E-state index contributed by atoms with van der Waals surface area (Å²) in [4.78, 5) is 29.2. The van der Waals surface area contributed by atoms with Crippen molar-refractivity contribution in [3.05, 3.63) is 65.7 Å². The van der Waals surface area contributed by atoms with Crippen LogP contribution in [0.3, 0.4) is 0 Å². The Balaban J connectivity index is 1.16. The first-order valence-electron chi connectivity index (χ1n) is 11.8. The summed E-state index contributed by atoms with van der Waals surface area (Å²) in [5.74, 6) is -0.0854. The molecule has 0 atom stereocenters. The number of amides is 2. The van der Waals surface area contributed by atoms with Gasteiger partial charge in [-0.05, 0) is 36.1 Å². The second-order valence-corrected chi connectivity index (χ2v) is 8.98. The van der Waals surface area contributed by atoms with Crippen LogP contribution in [0.4, 0.5) is 5.69 Å². The molecule has 1 saturated carbocycles. The van der Waals surface area contributed by atoms with Crippen molar-refractivity contribution < 1.29 is 9.59 Å². The number of nitrogens with zero attached hydrogens (tertiary/aromatic N) is 2. The van der Waals surface area contributed by atoms with Gasteiger partial charge in [-0.25, -0.2) is 0 Å². The molecule has 1 aliphatic heterocycles. The Morgan fingerprint density at radius 2 is 1.34 bits per heavy atom. The standard InChI is InChI=1S/C26H34N4O2/c31-25(18-27-26(32)23-8-4-5-9-23)28-24-12-10-22(11-13-24)20-30-16-14-29(15-17-30)19-21-6-2-1-3-7-21/h1-3,6-7,10-13,23H,4-5,8-9,14-20H2,(H,27,32)(H,28,31). The molecule has 0 bridgehead atoms. The Bertz CT molecular complexity index is 870. The van der Waals surface area contributed by atoms with Crippen LogP contribution in [0.25, 0.3) is 0 Å². The third kappa shape index (κ3) is 6.65. The average molecular weight is 435 g/mol. The van der Waals surface area contributed by atoms with Crippen molar-refractivity contribution in [2.45, 2.75) is 38.8 Å². The molecule has 170 valence electrons. The van der Waals surface area contributed by atoms with Gasteiger partial charge in [0.2, 0.25) is 11.8 Å². The fourth-order valence-electron chi connectivity index (χ4n) is 4.60. The van der Waals surface area contributed by atoms with Gasteiger partial charge in [0.15, 0.2) is 0 Å². The van der Waals surface area contributed by atoms with E-state index in [4.69, 9.17) is 0 Å². The molecule has 0 aromatic heterocycles. The second-order valence-electron chi connectivity index (χ2n) is 8.98. The van der Waals surface area contributed by atoms with E-state index in [0.29, 0.717) is 0 Å². The number of anilines is 1. The Morgan fingerprint density at radius 1 is 0.781 bits per heavy atom. The highest BCUT2D eigenvalue weighted by atomic mass is 16.2. The first-order valence-corrected chi connectivity index (χ1v) is 11.8. The number of hydrogen-bond donors (Lipinski definition) is 2. The minimum absolute atomic E-state index is 0.0110. The van der Waals surface area contributed by atoms with Crippen LogP contribution in [0.5, 0.6) is 0 Å². The third-order valence-corrected chi connectivity index (χ3v) is 6.51. The molecule has 6 heteroatoms. The minimum atomic E-state index is -0.182. The molecule has 1 saturated heterocycles. The second kappa shape index (κ2) is 11.2. The topological polar surface area (TPSA) is 64.7 Å². The third-order valence-electron chi connectivity index (χ3n) is 6.51. The van der Waals surface area contributed by atoms with Crippen LogP contribution in [0, 0.1) is 5.92 Å². The van der Waals surface area contributed by atoms with Crippen molar-refractivity contribution in [2.75, 3.05) is 38.0 Å². The van der Waals surface area contributed by atoms with Gasteiger partial charge < -0.3 is 10.6 Å². The Kier molecular flexibility index (Phi) is 7.91. The largest absolute Gasteiger partial charge is 0.347 e. The highest BCUT2D eigenvalue weighted by molar-refractivity contribution is 5.94. The van der Waals surface area contributed by atoms with Gasteiger partial charge >= 0.3 is 0 Å². The maximum Gasteiger partial charge on any atom is 0.243 e. The molecule has 0 spiro atoms. The number of hydrogen-bond acceptors (Lipinski definition) is 4. The highest BCUT2D eigenvalue weighted by Crippen LogP contribution is 2.24. The van der Waals surface area contributed by atoms with E-state index in [1.807, 2.05) is 12.1 Å². The van der Waals surface area contributed by atoms with Gasteiger partial charge in [0.25, 0.3) is 0 Å². The molecule has 32 heavy (non-hydrogen) atoms. The Hall–Kier alpha value is -2.70. The van der Waals surface area contributed by atoms with E-state index >= 15 is 0 Å². The van der Waals surface area contributed by atoms with Crippen LogP contribution in [0.15, 0.2) is 54.6 Å². The fraction of sp³-hybridized carbons (Fsp3) is 0.462. The van der Waals surface area contributed by atoms with E-state index in [1.54, 1.807) is 0 Å². The van der Waals surface area contributed by atoms with Crippen molar-refractivity contribution in [2.24, 2.45) is 5.92 Å². The molecule has 1 heterocycles. The molecular formula is C26H34N4O2. The molecule has 2 amide bonds. The van der Waals surface area contributed by atoms with Gasteiger partial charge in [0.05, 0.1) is 6.54 Å². The number of carbonyl (C=O) groups is 2. The van der Waals surface area contributed by atoms with Gasteiger partial charge in [-0.1, -0.05) is 55.3 Å². The van der Waals surface area contributed by atoms with Crippen molar-refractivity contribution in [3.63, 3.8) is 0 Å². The molecule has 6 nitrogen and oxygen atoms in total. The normalized spacial score (nSPS) is 17.9. The molecule has 1 aliphatic carbocycles. The number of benzene rings is 2. The van der Waals surface area contributed by atoms with Crippen LogP contribution < -0.4 is 10.6 Å². The van der Waals surface area contributed by atoms with Gasteiger partial charge in [-0.15, -0.1) is 0 Å². The van der Waals surface area contributed by atoms with Gasteiger partial charge in [-0.2, -0.15) is 0 Å². The average Bonchev–Trinajstić information content (AvgIpc) is 3.36. The quantitative estimate of drug-likeness (QED) is 0.670. The molecular weight excluding hydrogens is 400 g/mol. The van der Waals surface area contributed by atoms with E-state index < -0.39 is 0 Å². The maximum atomic E-state index is 12.2. The summed E-state index contributed by atoms with van der Waals surface area (Å²) in [5, 5.41) is 5.64. The molecule has 2 N–H and O–H groups in total.